The number of aliphatic carboxylic acids is 1. The molecule has 2 aromatic carbocycles. The molecule has 0 amide bonds. The monoisotopic (exact) mass is 324 g/mol. The molecule has 122 valence electrons. The normalized spacial score (nSPS) is 10.7. The summed E-state index contributed by atoms with van der Waals surface area (Å²) in [5.74, 6) is -0.267. The maximum atomic E-state index is 12.8. The van der Waals surface area contributed by atoms with E-state index in [1.165, 1.54) is 0 Å². The third-order valence-electron chi connectivity index (χ3n) is 3.73. The molecular weight excluding hydrogens is 308 g/mol. The van der Waals surface area contributed by atoms with Gasteiger partial charge in [0, 0.05) is 12.1 Å². The fourth-order valence-electron chi connectivity index (χ4n) is 2.56. The number of para-hydroxylation sites is 2. The van der Waals surface area contributed by atoms with Gasteiger partial charge in [0.1, 0.15) is 11.4 Å². The average molecular weight is 324 g/mol. The van der Waals surface area contributed by atoms with Gasteiger partial charge in [-0.2, -0.15) is 0 Å². The van der Waals surface area contributed by atoms with Gasteiger partial charge >= 0.3 is 5.97 Å². The smallest absolute Gasteiger partial charge is 0.303 e. The third kappa shape index (κ3) is 2.99. The molecule has 6 heteroatoms. The fourth-order valence-corrected chi connectivity index (χ4v) is 2.56. The van der Waals surface area contributed by atoms with Crippen molar-refractivity contribution in [2.45, 2.75) is 12.8 Å². The van der Waals surface area contributed by atoms with Crippen LogP contribution >= 0.6 is 0 Å². The molecule has 0 aliphatic heterocycles. The van der Waals surface area contributed by atoms with Crippen LogP contribution < -0.4 is 10.3 Å². The number of fused-ring (bicyclic) bond motifs is 1. The quantitative estimate of drug-likeness (QED) is 0.779. The second-order valence-corrected chi connectivity index (χ2v) is 5.28. The number of rotatable bonds is 5. The molecule has 24 heavy (non-hydrogen) atoms. The topological polar surface area (TPSA) is 81.4 Å². The number of carboxylic acids is 1. The zero-order chi connectivity index (χ0) is 17.1. The lowest BCUT2D eigenvalue weighted by Gasteiger charge is -2.12. The molecular formula is C18H16N2O4. The minimum Gasteiger partial charge on any atom is -0.497 e. The summed E-state index contributed by atoms with van der Waals surface area (Å²) in [7, 11) is 1.58. The number of carboxylic acid groups (broad SMARTS) is 1. The Bertz CT molecular complexity index is 945. The number of aryl methyl sites for hydroxylation is 1. The Balaban J connectivity index is 2.21. The molecule has 0 saturated carbocycles. The molecule has 3 rings (SSSR count). The van der Waals surface area contributed by atoms with E-state index in [0.717, 1.165) is 0 Å². The van der Waals surface area contributed by atoms with Gasteiger partial charge < -0.3 is 9.84 Å². The molecule has 1 N–H and O–H groups in total. The first kappa shape index (κ1) is 15.7. The second kappa shape index (κ2) is 6.54. The zero-order valence-corrected chi connectivity index (χ0v) is 13.1. The Hall–Kier alpha value is -3.15. The van der Waals surface area contributed by atoms with Crippen LogP contribution in [0, 0.1) is 0 Å². The Morgan fingerprint density at radius 1 is 1.17 bits per heavy atom. The van der Waals surface area contributed by atoms with Gasteiger partial charge in [-0.15, -0.1) is 0 Å². The van der Waals surface area contributed by atoms with Crippen molar-refractivity contribution < 1.29 is 14.6 Å². The Morgan fingerprint density at radius 3 is 2.54 bits per heavy atom. The molecule has 0 saturated heterocycles. The van der Waals surface area contributed by atoms with Crippen molar-refractivity contribution in [1.82, 2.24) is 9.55 Å². The van der Waals surface area contributed by atoms with E-state index in [4.69, 9.17) is 9.84 Å². The second-order valence-electron chi connectivity index (χ2n) is 5.28. The van der Waals surface area contributed by atoms with Crippen LogP contribution in [-0.4, -0.2) is 27.7 Å². The summed E-state index contributed by atoms with van der Waals surface area (Å²) in [5.41, 5.74) is 1.93. The molecule has 0 radical (unpaired) electrons. The van der Waals surface area contributed by atoms with Crippen LogP contribution in [0.15, 0.2) is 53.3 Å². The molecule has 0 aliphatic carbocycles. The molecule has 0 unspecified atom stereocenters. The molecule has 0 bridgehead atoms. The van der Waals surface area contributed by atoms with Crippen molar-refractivity contribution in [3.05, 3.63) is 64.6 Å². The number of hydrogen-bond donors (Lipinski definition) is 1. The SMILES string of the molecule is COc1ccc(-n2c(=O)c(CCC(=O)O)nc3ccccc32)cc1. The lowest BCUT2D eigenvalue weighted by Crippen LogP contribution is -2.25. The maximum Gasteiger partial charge on any atom is 0.303 e. The van der Waals surface area contributed by atoms with Crippen LogP contribution in [0.5, 0.6) is 5.75 Å². The van der Waals surface area contributed by atoms with E-state index < -0.39 is 5.97 Å². The highest BCUT2D eigenvalue weighted by molar-refractivity contribution is 5.77. The van der Waals surface area contributed by atoms with Crippen LogP contribution in [-0.2, 0) is 11.2 Å². The lowest BCUT2D eigenvalue weighted by atomic mass is 10.2. The minimum atomic E-state index is -0.958. The predicted molar refractivity (Wildman–Crippen MR) is 89.8 cm³/mol. The zero-order valence-electron chi connectivity index (χ0n) is 13.1. The maximum absolute atomic E-state index is 12.8. The van der Waals surface area contributed by atoms with Crippen molar-refractivity contribution in [3.63, 3.8) is 0 Å². The number of carbonyl (C=O) groups is 1. The molecule has 0 spiro atoms. The average Bonchev–Trinajstić information content (AvgIpc) is 2.60. The largest absolute Gasteiger partial charge is 0.497 e. The van der Waals surface area contributed by atoms with Gasteiger partial charge in [-0.05, 0) is 36.4 Å². The number of ether oxygens (including phenoxy) is 1. The highest BCUT2D eigenvalue weighted by atomic mass is 16.5. The Morgan fingerprint density at radius 2 is 1.88 bits per heavy atom. The standard InChI is InChI=1S/C18H16N2O4/c1-24-13-8-6-12(7-9-13)20-16-5-3-2-4-14(16)19-15(18(20)23)10-11-17(21)22/h2-9H,10-11H2,1H3,(H,21,22). The van der Waals surface area contributed by atoms with Gasteiger partial charge in [0.2, 0.25) is 0 Å². The minimum absolute atomic E-state index is 0.0924. The summed E-state index contributed by atoms with van der Waals surface area (Å²) >= 11 is 0. The molecule has 0 aliphatic rings. The molecule has 1 heterocycles. The van der Waals surface area contributed by atoms with Crippen LogP contribution in [0.25, 0.3) is 16.7 Å². The number of benzene rings is 2. The molecule has 3 aromatic rings. The van der Waals surface area contributed by atoms with Crippen molar-refractivity contribution in [2.75, 3.05) is 7.11 Å². The molecule has 6 nitrogen and oxygen atoms in total. The van der Waals surface area contributed by atoms with Crippen molar-refractivity contribution in [2.24, 2.45) is 0 Å². The van der Waals surface area contributed by atoms with Gasteiger partial charge in [-0.1, -0.05) is 12.1 Å². The van der Waals surface area contributed by atoms with Crippen molar-refractivity contribution in [3.8, 4) is 11.4 Å². The van der Waals surface area contributed by atoms with Gasteiger partial charge in [-0.3, -0.25) is 14.2 Å². The van der Waals surface area contributed by atoms with Crippen LogP contribution in [0.2, 0.25) is 0 Å². The first-order valence-electron chi connectivity index (χ1n) is 7.47. The van der Waals surface area contributed by atoms with Gasteiger partial charge in [0.25, 0.3) is 5.56 Å². The number of hydrogen-bond acceptors (Lipinski definition) is 4. The fraction of sp³-hybridized carbons (Fsp3) is 0.167. The summed E-state index contributed by atoms with van der Waals surface area (Å²) in [6.45, 7) is 0. The number of nitrogens with zero attached hydrogens (tertiary/aromatic N) is 2. The van der Waals surface area contributed by atoms with Crippen LogP contribution in [0.1, 0.15) is 12.1 Å². The highest BCUT2D eigenvalue weighted by Gasteiger charge is 2.13. The summed E-state index contributed by atoms with van der Waals surface area (Å²) < 4.78 is 6.70. The summed E-state index contributed by atoms with van der Waals surface area (Å²) in [4.78, 5) is 28.0. The van der Waals surface area contributed by atoms with Gasteiger partial charge in [0.15, 0.2) is 0 Å². The Kier molecular flexibility index (Phi) is 4.29. The third-order valence-corrected chi connectivity index (χ3v) is 3.73. The van der Waals surface area contributed by atoms with Crippen LogP contribution in [0.3, 0.4) is 0 Å². The van der Waals surface area contributed by atoms with E-state index in [1.54, 1.807) is 42.0 Å². The van der Waals surface area contributed by atoms with Crippen molar-refractivity contribution >= 4 is 17.0 Å². The van der Waals surface area contributed by atoms with Crippen molar-refractivity contribution in [1.29, 1.82) is 0 Å². The highest BCUT2D eigenvalue weighted by Crippen LogP contribution is 2.18. The van der Waals surface area contributed by atoms with E-state index in [-0.39, 0.29) is 24.1 Å². The predicted octanol–water partition coefficient (Wildman–Crippen LogP) is 2.41. The lowest BCUT2D eigenvalue weighted by molar-refractivity contribution is -0.136. The molecule has 1 aromatic heterocycles. The summed E-state index contributed by atoms with van der Waals surface area (Å²) in [5, 5.41) is 8.87. The van der Waals surface area contributed by atoms with E-state index in [0.29, 0.717) is 22.5 Å². The number of aromatic nitrogens is 2. The molecule has 0 fully saturated rings. The van der Waals surface area contributed by atoms with Gasteiger partial charge in [0.05, 0.1) is 24.6 Å². The van der Waals surface area contributed by atoms with E-state index in [2.05, 4.69) is 4.98 Å². The first-order valence-corrected chi connectivity index (χ1v) is 7.47. The van der Waals surface area contributed by atoms with Crippen LogP contribution in [0.4, 0.5) is 0 Å². The molecule has 0 atom stereocenters. The summed E-state index contributed by atoms with van der Waals surface area (Å²) in [6, 6.07) is 14.4. The Labute approximate surface area is 138 Å². The van der Waals surface area contributed by atoms with E-state index in [1.807, 2.05) is 18.2 Å². The van der Waals surface area contributed by atoms with E-state index >= 15 is 0 Å². The number of methoxy groups -OCH3 is 1. The van der Waals surface area contributed by atoms with Gasteiger partial charge in [-0.25, -0.2) is 4.98 Å². The summed E-state index contributed by atoms with van der Waals surface area (Å²) in [6.07, 6.45) is -0.0433. The first-order chi connectivity index (χ1) is 11.6. The van der Waals surface area contributed by atoms with E-state index in [9.17, 15) is 9.59 Å².